The van der Waals surface area contributed by atoms with Gasteiger partial charge in [0.2, 0.25) is 0 Å². The standard InChI is InChI=1S/C17H24O3/c1-7-14(19)10-17(5,6)16-12(3)8-11(2)9-15(16)20-13(4)18/h8-9H,7,10H2,1-6H3. The maximum atomic E-state index is 11.8. The summed E-state index contributed by atoms with van der Waals surface area (Å²) in [6.45, 7) is 11.3. The molecule has 0 saturated heterocycles. The minimum absolute atomic E-state index is 0.212. The molecule has 0 fully saturated rings. The van der Waals surface area contributed by atoms with Crippen molar-refractivity contribution < 1.29 is 14.3 Å². The Morgan fingerprint density at radius 3 is 2.30 bits per heavy atom. The number of benzene rings is 1. The molecule has 20 heavy (non-hydrogen) atoms. The molecule has 0 aliphatic carbocycles. The van der Waals surface area contributed by atoms with Crippen molar-refractivity contribution in [3.8, 4) is 5.75 Å². The molecule has 0 amide bonds. The molecule has 0 spiro atoms. The van der Waals surface area contributed by atoms with Crippen molar-refractivity contribution in [3.05, 3.63) is 28.8 Å². The number of hydrogen-bond donors (Lipinski definition) is 0. The van der Waals surface area contributed by atoms with E-state index in [9.17, 15) is 9.59 Å². The maximum Gasteiger partial charge on any atom is 0.308 e. The van der Waals surface area contributed by atoms with Gasteiger partial charge in [-0.25, -0.2) is 0 Å². The summed E-state index contributed by atoms with van der Waals surface area (Å²) in [7, 11) is 0. The molecule has 0 N–H and O–H groups in total. The van der Waals surface area contributed by atoms with Crippen LogP contribution in [0, 0.1) is 13.8 Å². The van der Waals surface area contributed by atoms with Crippen molar-refractivity contribution in [2.24, 2.45) is 0 Å². The second kappa shape index (κ2) is 6.21. The highest BCUT2D eigenvalue weighted by Crippen LogP contribution is 2.38. The summed E-state index contributed by atoms with van der Waals surface area (Å²) < 4.78 is 5.36. The van der Waals surface area contributed by atoms with Gasteiger partial charge in [-0.3, -0.25) is 9.59 Å². The summed E-state index contributed by atoms with van der Waals surface area (Å²) in [5, 5.41) is 0. The molecule has 1 aromatic rings. The Bertz CT molecular complexity index is 527. The zero-order valence-corrected chi connectivity index (χ0v) is 13.3. The van der Waals surface area contributed by atoms with Crippen molar-refractivity contribution in [2.75, 3.05) is 0 Å². The van der Waals surface area contributed by atoms with E-state index < -0.39 is 0 Å². The van der Waals surface area contributed by atoms with Crippen LogP contribution >= 0.6 is 0 Å². The first-order valence-corrected chi connectivity index (χ1v) is 6.99. The van der Waals surface area contributed by atoms with Crippen LogP contribution in [-0.4, -0.2) is 11.8 Å². The van der Waals surface area contributed by atoms with Crippen LogP contribution in [0.4, 0.5) is 0 Å². The van der Waals surface area contributed by atoms with Gasteiger partial charge in [-0.2, -0.15) is 0 Å². The molecule has 0 unspecified atom stereocenters. The first kappa shape index (κ1) is 16.4. The lowest BCUT2D eigenvalue weighted by Gasteiger charge is -2.28. The highest BCUT2D eigenvalue weighted by Gasteiger charge is 2.29. The van der Waals surface area contributed by atoms with E-state index in [1.54, 1.807) is 0 Å². The Morgan fingerprint density at radius 2 is 1.80 bits per heavy atom. The number of ketones is 1. The first-order valence-electron chi connectivity index (χ1n) is 6.99. The molecule has 0 aliphatic heterocycles. The number of aryl methyl sites for hydroxylation is 2. The van der Waals surface area contributed by atoms with Gasteiger partial charge in [0.25, 0.3) is 0 Å². The van der Waals surface area contributed by atoms with Crippen molar-refractivity contribution in [1.29, 1.82) is 0 Å². The average molecular weight is 276 g/mol. The molecule has 0 heterocycles. The zero-order chi connectivity index (χ0) is 15.5. The molecular formula is C17H24O3. The molecule has 1 aromatic carbocycles. The van der Waals surface area contributed by atoms with Gasteiger partial charge in [0.05, 0.1) is 0 Å². The quantitative estimate of drug-likeness (QED) is 0.605. The number of Topliss-reactive ketones (excluding diaryl/α,β-unsaturated/α-hetero) is 1. The second-order valence-electron chi connectivity index (χ2n) is 6.00. The second-order valence-corrected chi connectivity index (χ2v) is 6.00. The van der Waals surface area contributed by atoms with Crippen LogP contribution in [0.15, 0.2) is 12.1 Å². The zero-order valence-electron chi connectivity index (χ0n) is 13.3. The van der Waals surface area contributed by atoms with Crippen LogP contribution in [-0.2, 0) is 15.0 Å². The Balaban J connectivity index is 3.33. The lowest BCUT2D eigenvalue weighted by Crippen LogP contribution is -2.24. The minimum Gasteiger partial charge on any atom is -0.426 e. The van der Waals surface area contributed by atoms with Crippen molar-refractivity contribution in [3.63, 3.8) is 0 Å². The van der Waals surface area contributed by atoms with E-state index in [1.807, 2.05) is 40.7 Å². The van der Waals surface area contributed by atoms with E-state index in [4.69, 9.17) is 4.74 Å². The van der Waals surface area contributed by atoms with Crippen molar-refractivity contribution in [1.82, 2.24) is 0 Å². The molecule has 110 valence electrons. The molecule has 1 rings (SSSR count). The Labute approximate surface area is 121 Å². The van der Waals surface area contributed by atoms with Gasteiger partial charge in [-0.1, -0.05) is 26.8 Å². The third-order valence-corrected chi connectivity index (χ3v) is 3.41. The fourth-order valence-electron chi connectivity index (χ4n) is 2.74. The number of rotatable bonds is 5. The van der Waals surface area contributed by atoms with E-state index in [0.29, 0.717) is 18.6 Å². The van der Waals surface area contributed by atoms with Gasteiger partial charge < -0.3 is 4.74 Å². The largest absolute Gasteiger partial charge is 0.426 e. The minimum atomic E-state index is -0.352. The van der Waals surface area contributed by atoms with Crippen molar-refractivity contribution in [2.45, 2.75) is 59.8 Å². The number of carbonyl (C=O) groups is 2. The molecule has 0 aliphatic rings. The van der Waals surface area contributed by atoms with E-state index in [0.717, 1.165) is 16.7 Å². The van der Waals surface area contributed by atoms with E-state index in [-0.39, 0.29) is 17.2 Å². The summed E-state index contributed by atoms with van der Waals surface area (Å²) in [6.07, 6.45) is 0.971. The predicted octanol–water partition coefficient (Wildman–Crippen LogP) is 3.88. The molecule has 0 atom stereocenters. The molecule has 0 radical (unpaired) electrons. The van der Waals surface area contributed by atoms with Gasteiger partial charge in [-0.15, -0.1) is 0 Å². The lowest BCUT2D eigenvalue weighted by atomic mass is 9.77. The highest BCUT2D eigenvalue weighted by molar-refractivity contribution is 5.80. The van der Waals surface area contributed by atoms with Gasteiger partial charge in [0.1, 0.15) is 11.5 Å². The SMILES string of the molecule is CCC(=O)CC(C)(C)c1c(C)cc(C)cc1OC(C)=O. The summed E-state index contributed by atoms with van der Waals surface area (Å²) in [5.74, 6) is 0.446. The monoisotopic (exact) mass is 276 g/mol. The van der Waals surface area contributed by atoms with Crippen LogP contribution in [0.2, 0.25) is 0 Å². The molecule has 0 aromatic heterocycles. The normalized spacial score (nSPS) is 11.3. The molecular weight excluding hydrogens is 252 g/mol. The summed E-state index contributed by atoms with van der Waals surface area (Å²) in [6, 6.07) is 3.92. The number of hydrogen-bond acceptors (Lipinski definition) is 3. The smallest absolute Gasteiger partial charge is 0.308 e. The van der Waals surface area contributed by atoms with Gasteiger partial charge in [0.15, 0.2) is 0 Å². The van der Waals surface area contributed by atoms with Gasteiger partial charge in [0, 0.05) is 30.7 Å². The van der Waals surface area contributed by atoms with Crippen LogP contribution in [0.25, 0.3) is 0 Å². The molecule has 0 saturated carbocycles. The third-order valence-electron chi connectivity index (χ3n) is 3.41. The molecule has 3 nitrogen and oxygen atoms in total. The Hall–Kier alpha value is -1.64. The summed E-state index contributed by atoms with van der Waals surface area (Å²) >= 11 is 0. The van der Waals surface area contributed by atoms with E-state index in [2.05, 4.69) is 6.07 Å². The van der Waals surface area contributed by atoms with Crippen LogP contribution in [0.5, 0.6) is 5.75 Å². The van der Waals surface area contributed by atoms with E-state index in [1.165, 1.54) is 6.92 Å². The topological polar surface area (TPSA) is 43.4 Å². The first-order chi connectivity index (χ1) is 9.17. The third kappa shape index (κ3) is 3.92. The van der Waals surface area contributed by atoms with Gasteiger partial charge in [-0.05, 0) is 31.0 Å². The lowest BCUT2D eigenvalue weighted by molar-refractivity contribution is -0.131. The molecule has 3 heteroatoms. The van der Waals surface area contributed by atoms with E-state index >= 15 is 0 Å². The fraction of sp³-hybridized carbons (Fsp3) is 0.529. The number of carbonyl (C=O) groups excluding carboxylic acids is 2. The number of ether oxygens (including phenoxy) is 1. The fourth-order valence-corrected chi connectivity index (χ4v) is 2.74. The highest BCUT2D eigenvalue weighted by atomic mass is 16.5. The maximum absolute atomic E-state index is 11.8. The Morgan fingerprint density at radius 1 is 1.20 bits per heavy atom. The number of esters is 1. The Kier molecular flexibility index (Phi) is 5.09. The van der Waals surface area contributed by atoms with Crippen LogP contribution in [0.1, 0.15) is 57.2 Å². The summed E-state index contributed by atoms with van der Waals surface area (Å²) in [4.78, 5) is 23.1. The van der Waals surface area contributed by atoms with Crippen LogP contribution in [0.3, 0.4) is 0 Å². The summed E-state index contributed by atoms with van der Waals surface area (Å²) in [5.41, 5.74) is 2.69. The average Bonchev–Trinajstić information content (AvgIpc) is 2.25. The molecule has 0 bridgehead atoms. The van der Waals surface area contributed by atoms with Crippen molar-refractivity contribution >= 4 is 11.8 Å². The predicted molar refractivity (Wildman–Crippen MR) is 80.2 cm³/mol. The van der Waals surface area contributed by atoms with Crippen LogP contribution < -0.4 is 4.74 Å². The van der Waals surface area contributed by atoms with Gasteiger partial charge >= 0.3 is 5.97 Å².